The zero-order chi connectivity index (χ0) is 9.42. The van der Waals surface area contributed by atoms with Gasteiger partial charge in [0, 0.05) is 0 Å². The minimum absolute atomic E-state index is 0.446. The summed E-state index contributed by atoms with van der Waals surface area (Å²) in [4.78, 5) is 0. The first-order chi connectivity index (χ1) is 6.24. The van der Waals surface area contributed by atoms with Crippen LogP contribution in [0.3, 0.4) is 0 Å². The molecule has 2 N–H and O–H groups in total. The summed E-state index contributed by atoms with van der Waals surface area (Å²) in [7, 11) is 0. The lowest BCUT2D eigenvalue weighted by Crippen LogP contribution is -2.36. The van der Waals surface area contributed by atoms with Crippen molar-refractivity contribution in [2.75, 3.05) is 6.54 Å². The molecule has 1 aliphatic carbocycles. The molecule has 1 saturated heterocycles. The molecule has 1 heterocycles. The van der Waals surface area contributed by atoms with Crippen LogP contribution in [0.1, 0.15) is 33.1 Å². The van der Waals surface area contributed by atoms with Crippen molar-refractivity contribution in [3.05, 3.63) is 0 Å². The molecule has 2 aliphatic rings. The van der Waals surface area contributed by atoms with Gasteiger partial charge in [-0.3, -0.25) is 0 Å². The highest BCUT2D eigenvalue weighted by atomic mass is 16.5. The Hall–Kier alpha value is -0.0800. The summed E-state index contributed by atoms with van der Waals surface area (Å²) >= 11 is 0. The lowest BCUT2D eigenvalue weighted by atomic mass is 9.72. The van der Waals surface area contributed by atoms with Crippen molar-refractivity contribution in [2.24, 2.45) is 23.5 Å². The van der Waals surface area contributed by atoms with Gasteiger partial charge in [-0.15, -0.1) is 0 Å². The molecule has 0 aromatic heterocycles. The summed E-state index contributed by atoms with van der Waals surface area (Å²) < 4.78 is 5.95. The molecule has 2 heteroatoms. The van der Waals surface area contributed by atoms with Crippen molar-refractivity contribution in [3.63, 3.8) is 0 Å². The lowest BCUT2D eigenvalue weighted by Gasteiger charge is -2.33. The lowest BCUT2D eigenvalue weighted by molar-refractivity contribution is 0.0138. The average molecular weight is 183 g/mol. The molecule has 76 valence electrons. The van der Waals surface area contributed by atoms with Crippen LogP contribution in [0.25, 0.3) is 0 Å². The molecular formula is C11H21NO. The zero-order valence-electron chi connectivity index (χ0n) is 8.70. The van der Waals surface area contributed by atoms with E-state index in [1.165, 1.54) is 19.3 Å². The highest BCUT2D eigenvalue weighted by Crippen LogP contribution is 2.44. The van der Waals surface area contributed by atoms with E-state index in [1.54, 1.807) is 0 Å². The van der Waals surface area contributed by atoms with Crippen molar-refractivity contribution in [3.8, 4) is 0 Å². The predicted molar refractivity (Wildman–Crippen MR) is 53.4 cm³/mol. The molecule has 0 bridgehead atoms. The largest absolute Gasteiger partial charge is 0.375 e. The summed E-state index contributed by atoms with van der Waals surface area (Å²) in [5.74, 6) is 2.17. The molecule has 2 rings (SSSR count). The second-order valence-electron chi connectivity index (χ2n) is 4.74. The van der Waals surface area contributed by atoms with Crippen LogP contribution in [-0.4, -0.2) is 18.8 Å². The molecule has 2 nitrogen and oxygen atoms in total. The summed E-state index contributed by atoms with van der Waals surface area (Å²) in [6.45, 7) is 5.38. The summed E-state index contributed by atoms with van der Waals surface area (Å²) in [5.41, 5.74) is 5.81. The molecule has 0 radical (unpaired) electrons. The topological polar surface area (TPSA) is 35.2 Å². The number of rotatable bonds is 1. The van der Waals surface area contributed by atoms with Gasteiger partial charge in [-0.2, -0.15) is 0 Å². The molecule has 0 aromatic carbocycles. The molecule has 5 atom stereocenters. The third-order valence-corrected chi connectivity index (χ3v) is 4.08. The summed E-state index contributed by atoms with van der Waals surface area (Å²) in [5, 5.41) is 0. The fourth-order valence-electron chi connectivity index (χ4n) is 3.18. The zero-order valence-corrected chi connectivity index (χ0v) is 8.70. The first kappa shape index (κ1) is 9.47. The minimum atomic E-state index is 0.446. The van der Waals surface area contributed by atoms with Crippen molar-refractivity contribution in [1.29, 1.82) is 0 Å². The van der Waals surface area contributed by atoms with Crippen LogP contribution in [0.5, 0.6) is 0 Å². The third kappa shape index (κ3) is 1.50. The van der Waals surface area contributed by atoms with Crippen LogP contribution in [-0.2, 0) is 4.74 Å². The highest BCUT2D eigenvalue weighted by molar-refractivity contribution is 4.93. The SMILES string of the molecule is C[C@H]1[C@H]2[C@H](CN)CCC[C@H]2O[C@@H]1C. The van der Waals surface area contributed by atoms with Crippen LogP contribution < -0.4 is 5.73 Å². The van der Waals surface area contributed by atoms with E-state index in [0.717, 1.165) is 18.4 Å². The Balaban J connectivity index is 2.11. The van der Waals surface area contributed by atoms with Gasteiger partial charge < -0.3 is 10.5 Å². The van der Waals surface area contributed by atoms with E-state index in [9.17, 15) is 0 Å². The molecule has 1 aliphatic heterocycles. The standard InChI is InChI=1S/C11H21NO/c1-7-8(2)13-10-5-3-4-9(6-12)11(7)10/h7-11H,3-6,12H2,1-2H3/t7-,8-,9+,10-,11+/m1/s1. The van der Waals surface area contributed by atoms with E-state index in [-0.39, 0.29) is 0 Å². The molecular weight excluding hydrogens is 162 g/mol. The van der Waals surface area contributed by atoms with E-state index in [2.05, 4.69) is 13.8 Å². The number of nitrogens with two attached hydrogens (primary N) is 1. The van der Waals surface area contributed by atoms with Crippen molar-refractivity contribution in [1.82, 2.24) is 0 Å². The van der Waals surface area contributed by atoms with Gasteiger partial charge in [-0.1, -0.05) is 13.3 Å². The number of fused-ring (bicyclic) bond motifs is 1. The molecule has 2 fully saturated rings. The number of hydrogen-bond acceptors (Lipinski definition) is 2. The minimum Gasteiger partial charge on any atom is -0.375 e. The Kier molecular flexibility index (Phi) is 2.61. The first-order valence-corrected chi connectivity index (χ1v) is 5.59. The Morgan fingerprint density at radius 2 is 2.08 bits per heavy atom. The molecule has 1 saturated carbocycles. The molecule has 0 unspecified atom stereocenters. The maximum atomic E-state index is 5.95. The number of ether oxygens (including phenoxy) is 1. The van der Waals surface area contributed by atoms with Crippen molar-refractivity contribution >= 4 is 0 Å². The highest BCUT2D eigenvalue weighted by Gasteiger charge is 2.44. The second-order valence-corrected chi connectivity index (χ2v) is 4.74. The molecule has 0 aromatic rings. The Labute approximate surface area is 80.8 Å². The summed E-state index contributed by atoms with van der Waals surface area (Å²) in [6, 6.07) is 0. The van der Waals surface area contributed by atoms with Gasteiger partial charge in [-0.05, 0) is 44.1 Å². The van der Waals surface area contributed by atoms with Crippen LogP contribution in [0, 0.1) is 17.8 Å². The van der Waals surface area contributed by atoms with Gasteiger partial charge in [0.1, 0.15) is 0 Å². The Morgan fingerprint density at radius 3 is 2.77 bits per heavy atom. The van der Waals surface area contributed by atoms with Crippen LogP contribution in [0.4, 0.5) is 0 Å². The van der Waals surface area contributed by atoms with Crippen LogP contribution >= 0.6 is 0 Å². The summed E-state index contributed by atoms with van der Waals surface area (Å²) in [6.07, 6.45) is 4.85. The molecule has 0 amide bonds. The van der Waals surface area contributed by atoms with E-state index < -0.39 is 0 Å². The number of hydrogen-bond donors (Lipinski definition) is 1. The molecule has 0 spiro atoms. The normalized spacial score (nSPS) is 50.5. The molecule has 13 heavy (non-hydrogen) atoms. The van der Waals surface area contributed by atoms with Crippen molar-refractivity contribution in [2.45, 2.75) is 45.3 Å². The maximum absolute atomic E-state index is 5.95. The second kappa shape index (κ2) is 3.58. The van der Waals surface area contributed by atoms with Gasteiger partial charge in [0.25, 0.3) is 0 Å². The van der Waals surface area contributed by atoms with Gasteiger partial charge in [0.2, 0.25) is 0 Å². The smallest absolute Gasteiger partial charge is 0.0613 e. The fraction of sp³-hybridized carbons (Fsp3) is 1.00. The van der Waals surface area contributed by atoms with E-state index in [1.807, 2.05) is 0 Å². The van der Waals surface area contributed by atoms with Crippen LogP contribution in [0.15, 0.2) is 0 Å². The fourth-order valence-corrected chi connectivity index (χ4v) is 3.18. The van der Waals surface area contributed by atoms with Gasteiger partial charge in [0.05, 0.1) is 12.2 Å². The van der Waals surface area contributed by atoms with E-state index in [4.69, 9.17) is 10.5 Å². The first-order valence-electron chi connectivity index (χ1n) is 5.59. The van der Waals surface area contributed by atoms with Crippen LogP contribution in [0.2, 0.25) is 0 Å². The van der Waals surface area contributed by atoms with E-state index >= 15 is 0 Å². The van der Waals surface area contributed by atoms with Crippen molar-refractivity contribution < 1.29 is 4.74 Å². The van der Waals surface area contributed by atoms with E-state index in [0.29, 0.717) is 18.1 Å². The predicted octanol–water partition coefficient (Wildman–Crippen LogP) is 1.78. The quantitative estimate of drug-likeness (QED) is 0.672. The Bertz CT molecular complexity index is 177. The maximum Gasteiger partial charge on any atom is 0.0613 e. The van der Waals surface area contributed by atoms with Gasteiger partial charge >= 0.3 is 0 Å². The Morgan fingerprint density at radius 1 is 1.31 bits per heavy atom. The third-order valence-electron chi connectivity index (χ3n) is 4.08. The monoisotopic (exact) mass is 183 g/mol. The average Bonchev–Trinajstić information content (AvgIpc) is 2.43. The van der Waals surface area contributed by atoms with Gasteiger partial charge in [0.15, 0.2) is 0 Å². The van der Waals surface area contributed by atoms with Gasteiger partial charge in [-0.25, -0.2) is 0 Å².